The highest BCUT2D eigenvalue weighted by Crippen LogP contribution is 2.28. The normalized spacial score (nSPS) is 10.8. The summed E-state index contributed by atoms with van der Waals surface area (Å²) in [4.78, 5) is 0. The molecule has 0 atom stereocenters. The fourth-order valence-corrected chi connectivity index (χ4v) is 1.94. The van der Waals surface area contributed by atoms with Gasteiger partial charge in [0, 0.05) is 6.54 Å². The maximum atomic E-state index is 6.13. The van der Waals surface area contributed by atoms with Gasteiger partial charge < -0.3 is 5.73 Å². The van der Waals surface area contributed by atoms with Crippen LogP contribution in [0.15, 0.2) is 24.3 Å². The Bertz CT molecular complexity index is 520. The van der Waals surface area contributed by atoms with Crippen LogP contribution in [0.4, 0.5) is 0 Å². The summed E-state index contributed by atoms with van der Waals surface area (Å²) in [5, 5.41) is 5.34. The Morgan fingerprint density at radius 1 is 1.38 bits per heavy atom. The molecule has 0 bridgehead atoms. The third-order valence-corrected chi connectivity index (χ3v) is 3.08. The van der Waals surface area contributed by atoms with Crippen molar-refractivity contribution in [2.45, 2.75) is 13.5 Å². The second-order valence-electron chi connectivity index (χ2n) is 3.47. The molecular formula is C11H11Cl2N3. The lowest BCUT2D eigenvalue weighted by molar-refractivity contribution is 0.796. The van der Waals surface area contributed by atoms with Gasteiger partial charge >= 0.3 is 0 Å². The van der Waals surface area contributed by atoms with Crippen LogP contribution < -0.4 is 5.73 Å². The predicted molar refractivity (Wildman–Crippen MR) is 66.2 cm³/mol. The number of halogens is 2. The number of nitrogens with zero attached hydrogens (tertiary/aromatic N) is 2. The molecule has 16 heavy (non-hydrogen) atoms. The van der Waals surface area contributed by atoms with E-state index >= 15 is 0 Å². The molecule has 0 spiro atoms. The summed E-state index contributed by atoms with van der Waals surface area (Å²) >= 11 is 12.1. The van der Waals surface area contributed by atoms with E-state index in [0.29, 0.717) is 16.6 Å². The van der Waals surface area contributed by atoms with E-state index in [1.807, 2.05) is 25.1 Å². The average molecular weight is 256 g/mol. The van der Waals surface area contributed by atoms with Gasteiger partial charge in [0.25, 0.3) is 0 Å². The maximum Gasteiger partial charge on any atom is 0.0850 e. The number of benzene rings is 1. The summed E-state index contributed by atoms with van der Waals surface area (Å²) in [6.07, 6.45) is 0. The van der Waals surface area contributed by atoms with Crippen LogP contribution in [0.25, 0.3) is 5.69 Å². The molecule has 0 aliphatic carbocycles. The summed E-state index contributed by atoms with van der Waals surface area (Å²) in [6, 6.07) is 7.36. The molecule has 0 saturated heterocycles. The zero-order chi connectivity index (χ0) is 11.7. The Balaban J connectivity index is 2.62. The highest BCUT2D eigenvalue weighted by Gasteiger charge is 2.11. The van der Waals surface area contributed by atoms with Crippen LogP contribution >= 0.6 is 23.2 Å². The Labute approximate surface area is 104 Å². The van der Waals surface area contributed by atoms with Crippen LogP contribution in [-0.4, -0.2) is 9.78 Å². The fourth-order valence-electron chi connectivity index (χ4n) is 1.56. The van der Waals surface area contributed by atoms with E-state index in [0.717, 1.165) is 17.1 Å². The van der Waals surface area contributed by atoms with Crippen molar-refractivity contribution in [2.24, 2.45) is 5.73 Å². The smallest absolute Gasteiger partial charge is 0.0850 e. The van der Waals surface area contributed by atoms with Crippen LogP contribution in [0.1, 0.15) is 11.4 Å². The Morgan fingerprint density at radius 2 is 2.12 bits per heavy atom. The second-order valence-corrected chi connectivity index (χ2v) is 4.25. The van der Waals surface area contributed by atoms with Crippen LogP contribution in [0, 0.1) is 6.92 Å². The zero-order valence-electron chi connectivity index (χ0n) is 8.74. The number of hydrogen-bond donors (Lipinski definition) is 1. The second kappa shape index (κ2) is 4.45. The number of aromatic nitrogens is 2. The van der Waals surface area contributed by atoms with E-state index < -0.39 is 0 Å². The van der Waals surface area contributed by atoms with Gasteiger partial charge in [0.15, 0.2) is 0 Å². The monoisotopic (exact) mass is 255 g/mol. The SMILES string of the molecule is Cc1cc(CN)n(-c2cccc(Cl)c2Cl)n1. The van der Waals surface area contributed by atoms with Gasteiger partial charge in [0.1, 0.15) is 0 Å². The molecule has 0 amide bonds. The van der Waals surface area contributed by atoms with E-state index in [9.17, 15) is 0 Å². The van der Waals surface area contributed by atoms with Crippen molar-refractivity contribution in [2.75, 3.05) is 0 Å². The summed E-state index contributed by atoms with van der Waals surface area (Å²) in [5.74, 6) is 0. The molecule has 2 aromatic rings. The van der Waals surface area contributed by atoms with Gasteiger partial charge in [-0.3, -0.25) is 0 Å². The van der Waals surface area contributed by atoms with Crippen LogP contribution in [-0.2, 0) is 6.54 Å². The molecule has 1 aromatic carbocycles. The van der Waals surface area contributed by atoms with Crippen molar-refractivity contribution < 1.29 is 0 Å². The van der Waals surface area contributed by atoms with Crippen LogP contribution in [0.2, 0.25) is 10.0 Å². The third-order valence-electron chi connectivity index (χ3n) is 2.27. The summed E-state index contributed by atoms with van der Waals surface area (Å²) in [5.41, 5.74) is 8.21. The maximum absolute atomic E-state index is 6.13. The van der Waals surface area contributed by atoms with Crippen LogP contribution in [0.5, 0.6) is 0 Å². The predicted octanol–water partition coefficient (Wildman–Crippen LogP) is 2.95. The summed E-state index contributed by atoms with van der Waals surface area (Å²) < 4.78 is 1.73. The number of hydrogen-bond acceptors (Lipinski definition) is 2. The van der Waals surface area contributed by atoms with E-state index in [4.69, 9.17) is 28.9 Å². The van der Waals surface area contributed by atoms with E-state index in [1.165, 1.54) is 0 Å². The molecule has 0 aliphatic rings. The highest BCUT2D eigenvalue weighted by molar-refractivity contribution is 6.43. The van der Waals surface area contributed by atoms with Crippen molar-refractivity contribution in [3.63, 3.8) is 0 Å². The lowest BCUT2D eigenvalue weighted by atomic mass is 10.3. The molecule has 2 rings (SSSR count). The lowest BCUT2D eigenvalue weighted by Crippen LogP contribution is -2.07. The average Bonchev–Trinajstić information content (AvgIpc) is 2.63. The Hall–Kier alpha value is -1.03. The highest BCUT2D eigenvalue weighted by atomic mass is 35.5. The number of aryl methyl sites for hydroxylation is 1. The van der Waals surface area contributed by atoms with Crippen molar-refractivity contribution in [3.05, 3.63) is 45.7 Å². The zero-order valence-corrected chi connectivity index (χ0v) is 10.3. The first-order valence-electron chi connectivity index (χ1n) is 4.83. The first-order chi connectivity index (χ1) is 7.63. The van der Waals surface area contributed by atoms with E-state index in [1.54, 1.807) is 10.7 Å². The first kappa shape index (κ1) is 11.5. The molecule has 1 heterocycles. The molecule has 0 unspecified atom stereocenters. The van der Waals surface area contributed by atoms with E-state index in [2.05, 4.69) is 5.10 Å². The Kier molecular flexibility index (Phi) is 3.19. The number of nitrogens with two attached hydrogens (primary N) is 1. The molecule has 84 valence electrons. The van der Waals surface area contributed by atoms with Gasteiger partial charge in [-0.25, -0.2) is 4.68 Å². The van der Waals surface area contributed by atoms with Crippen molar-refractivity contribution in [3.8, 4) is 5.69 Å². The fraction of sp³-hybridized carbons (Fsp3) is 0.182. The van der Waals surface area contributed by atoms with Crippen molar-refractivity contribution >= 4 is 23.2 Å². The molecule has 0 radical (unpaired) electrons. The lowest BCUT2D eigenvalue weighted by Gasteiger charge is -2.08. The molecule has 1 aromatic heterocycles. The van der Waals surface area contributed by atoms with Crippen LogP contribution in [0.3, 0.4) is 0 Å². The van der Waals surface area contributed by atoms with Gasteiger partial charge in [-0.1, -0.05) is 29.3 Å². The molecule has 3 nitrogen and oxygen atoms in total. The first-order valence-corrected chi connectivity index (χ1v) is 5.59. The van der Waals surface area contributed by atoms with Gasteiger partial charge in [-0.05, 0) is 25.1 Å². The molecular weight excluding hydrogens is 245 g/mol. The minimum atomic E-state index is 0.406. The number of rotatable bonds is 2. The minimum absolute atomic E-state index is 0.406. The largest absolute Gasteiger partial charge is 0.325 e. The summed E-state index contributed by atoms with van der Waals surface area (Å²) in [6.45, 7) is 2.32. The molecule has 0 saturated carbocycles. The molecule has 5 heteroatoms. The van der Waals surface area contributed by atoms with Gasteiger partial charge in [-0.2, -0.15) is 5.10 Å². The van der Waals surface area contributed by atoms with Gasteiger partial charge in [0.05, 0.1) is 27.1 Å². The van der Waals surface area contributed by atoms with Gasteiger partial charge in [0.2, 0.25) is 0 Å². The van der Waals surface area contributed by atoms with Gasteiger partial charge in [-0.15, -0.1) is 0 Å². The standard InChI is InChI=1S/C11H11Cl2N3/c1-7-5-8(6-14)16(15-7)10-4-2-3-9(12)11(10)13/h2-5H,6,14H2,1H3. The molecule has 2 N–H and O–H groups in total. The minimum Gasteiger partial charge on any atom is -0.325 e. The van der Waals surface area contributed by atoms with E-state index in [-0.39, 0.29) is 0 Å². The molecule has 0 aliphatic heterocycles. The van der Waals surface area contributed by atoms with Crippen molar-refractivity contribution in [1.29, 1.82) is 0 Å². The molecule has 0 fully saturated rings. The quantitative estimate of drug-likeness (QED) is 0.897. The Morgan fingerprint density at radius 3 is 2.81 bits per heavy atom. The third kappa shape index (κ3) is 1.94. The topological polar surface area (TPSA) is 43.8 Å². The summed E-state index contributed by atoms with van der Waals surface area (Å²) in [7, 11) is 0. The van der Waals surface area contributed by atoms with Crippen molar-refractivity contribution in [1.82, 2.24) is 9.78 Å².